The molecular formula is C80H85N5. The summed E-state index contributed by atoms with van der Waals surface area (Å²) in [6.07, 6.45) is 12.7. The van der Waals surface area contributed by atoms with Crippen LogP contribution in [0.5, 0.6) is 0 Å². The third-order valence-corrected chi connectivity index (χ3v) is 20.6. The van der Waals surface area contributed by atoms with Crippen molar-refractivity contribution >= 4 is 0 Å². The van der Waals surface area contributed by atoms with E-state index in [1.807, 2.05) is 30.9 Å². The lowest BCUT2D eigenvalue weighted by Gasteiger charge is -2.15. The molecule has 0 radical (unpaired) electrons. The zero-order valence-corrected chi connectivity index (χ0v) is 54.4. The van der Waals surface area contributed by atoms with Crippen LogP contribution < -0.4 is 0 Å². The van der Waals surface area contributed by atoms with E-state index in [-0.39, 0.29) is 0 Å². The van der Waals surface area contributed by atoms with Gasteiger partial charge >= 0.3 is 0 Å². The number of nitrogens with zero attached hydrogens (tertiary/aromatic N) is 5. The molecule has 5 aliphatic carbocycles. The molecule has 5 aromatic carbocycles. The minimum absolute atomic E-state index is 0.994. The maximum Gasteiger partial charge on any atom is 0.0529 e. The number of pyridine rings is 5. The van der Waals surface area contributed by atoms with Gasteiger partial charge in [0, 0.05) is 90.4 Å². The first-order chi connectivity index (χ1) is 40.4. The molecule has 5 aromatic heterocycles. The van der Waals surface area contributed by atoms with Crippen LogP contribution in [0.3, 0.4) is 0 Å². The Morgan fingerprint density at radius 2 is 0.729 bits per heavy atom. The molecule has 5 heterocycles. The predicted octanol–water partition coefficient (Wildman–Crippen LogP) is 19.4. The van der Waals surface area contributed by atoms with E-state index in [4.69, 9.17) is 0 Å². The second-order valence-corrected chi connectivity index (χ2v) is 25.5. The number of aromatic nitrogens is 5. The summed E-state index contributed by atoms with van der Waals surface area (Å²) in [5, 5.41) is 0. The van der Waals surface area contributed by atoms with Gasteiger partial charge in [0.05, 0.1) is 28.5 Å². The number of aryl methyl sites for hydroxylation is 8. The molecule has 5 aliphatic rings. The zero-order valence-electron chi connectivity index (χ0n) is 54.4. The third kappa shape index (κ3) is 10.3. The normalized spacial score (nSPS) is 12.5. The van der Waals surface area contributed by atoms with Gasteiger partial charge in [-0.1, -0.05) is 36.4 Å². The molecule has 0 amide bonds. The van der Waals surface area contributed by atoms with Crippen LogP contribution in [-0.4, -0.2) is 24.9 Å². The summed E-state index contributed by atoms with van der Waals surface area (Å²) in [7, 11) is 0. The molecule has 5 nitrogen and oxygen atoms in total. The molecule has 0 aliphatic heterocycles. The van der Waals surface area contributed by atoms with Gasteiger partial charge in [0.15, 0.2) is 0 Å². The molecule has 10 aromatic rings. The largest absolute Gasteiger partial charge is 0.260 e. The van der Waals surface area contributed by atoms with Crippen LogP contribution in [0.1, 0.15) is 168 Å². The highest BCUT2D eigenvalue weighted by Crippen LogP contribution is 2.46. The van der Waals surface area contributed by atoms with Gasteiger partial charge in [0.1, 0.15) is 0 Å². The van der Waals surface area contributed by atoms with Crippen LogP contribution in [0, 0.1) is 138 Å². The van der Waals surface area contributed by atoms with E-state index in [0.717, 1.165) is 37.8 Å². The van der Waals surface area contributed by atoms with Crippen molar-refractivity contribution < 1.29 is 0 Å². The molecule has 430 valence electrons. The van der Waals surface area contributed by atoms with Crippen LogP contribution in [0.25, 0.3) is 55.6 Å². The van der Waals surface area contributed by atoms with Gasteiger partial charge in [-0.3, -0.25) is 24.9 Å². The van der Waals surface area contributed by atoms with E-state index in [0.29, 0.717) is 0 Å². The fourth-order valence-corrected chi connectivity index (χ4v) is 14.2. The summed E-state index contributed by atoms with van der Waals surface area (Å²) in [6, 6.07) is 24.4. The molecule has 85 heavy (non-hydrogen) atoms. The van der Waals surface area contributed by atoms with E-state index in [9.17, 15) is 0 Å². The molecule has 5 heteroatoms. The van der Waals surface area contributed by atoms with Crippen molar-refractivity contribution in [3.05, 3.63) is 259 Å². The summed E-state index contributed by atoms with van der Waals surface area (Å²) in [5.74, 6) is 0. The first kappa shape index (κ1) is 58.6. The van der Waals surface area contributed by atoms with Gasteiger partial charge in [0.25, 0.3) is 0 Å². The average Bonchev–Trinajstić information content (AvgIpc) is 2.61. The van der Waals surface area contributed by atoms with Gasteiger partial charge < -0.3 is 0 Å². The summed E-state index contributed by atoms with van der Waals surface area (Å²) in [4.78, 5) is 22.8. The van der Waals surface area contributed by atoms with Crippen molar-refractivity contribution in [3.63, 3.8) is 0 Å². The quantitative estimate of drug-likeness (QED) is 0.151. The number of rotatable bonds is 0. The minimum atomic E-state index is 0.994. The summed E-state index contributed by atoms with van der Waals surface area (Å²) >= 11 is 0. The van der Waals surface area contributed by atoms with Crippen molar-refractivity contribution in [2.45, 2.75) is 171 Å². The van der Waals surface area contributed by atoms with E-state index in [1.165, 1.54) is 218 Å². The number of hydrogen-bond donors (Lipinski definition) is 0. The van der Waals surface area contributed by atoms with E-state index < -0.39 is 0 Å². The molecule has 0 atom stereocenters. The third-order valence-electron chi connectivity index (χ3n) is 20.6. The van der Waals surface area contributed by atoms with Gasteiger partial charge in [-0.15, -0.1) is 0 Å². The fourth-order valence-electron chi connectivity index (χ4n) is 14.2. The Bertz CT molecular complexity index is 4430. The lowest BCUT2D eigenvalue weighted by molar-refractivity contribution is 1.06. The van der Waals surface area contributed by atoms with Gasteiger partial charge in [0.2, 0.25) is 0 Å². The Kier molecular flexibility index (Phi) is 15.6. The highest BCUT2D eigenvalue weighted by Gasteiger charge is 2.29. The Morgan fingerprint density at radius 3 is 1.36 bits per heavy atom. The molecule has 0 fully saturated rings. The molecule has 0 saturated carbocycles. The van der Waals surface area contributed by atoms with Crippen molar-refractivity contribution in [2.24, 2.45) is 0 Å². The van der Waals surface area contributed by atoms with Crippen molar-refractivity contribution in [2.75, 3.05) is 0 Å². The Morgan fingerprint density at radius 1 is 0.271 bits per heavy atom. The van der Waals surface area contributed by atoms with Gasteiger partial charge in [-0.05, 0) is 330 Å². The molecule has 0 N–H and O–H groups in total. The second kappa shape index (κ2) is 22.7. The highest BCUT2D eigenvalue weighted by molar-refractivity contribution is 5.84. The first-order valence-corrected chi connectivity index (χ1v) is 30.7. The molecule has 0 bridgehead atoms. The van der Waals surface area contributed by atoms with Crippen LogP contribution >= 0.6 is 0 Å². The summed E-state index contributed by atoms with van der Waals surface area (Å²) in [6.45, 7) is 44.1. The summed E-state index contributed by atoms with van der Waals surface area (Å²) in [5.41, 5.74) is 55.2. The second-order valence-electron chi connectivity index (χ2n) is 25.5. The number of hydrogen-bond acceptors (Lipinski definition) is 5. The van der Waals surface area contributed by atoms with Crippen LogP contribution in [-0.2, 0) is 32.1 Å². The maximum atomic E-state index is 4.67. The minimum Gasteiger partial charge on any atom is -0.260 e. The van der Waals surface area contributed by atoms with E-state index in [2.05, 4.69) is 224 Å². The lowest BCUT2D eigenvalue weighted by atomic mass is 9.89. The number of fused-ring (bicyclic) bond motifs is 15. The van der Waals surface area contributed by atoms with Gasteiger partial charge in [-0.25, -0.2) is 0 Å². The standard InChI is InChI=1S/5C16H17N/c1-9-5-15-14-6-10(2)11(3)12(4)13(14)7-16(15)17-8-9;1-9-7-15-13-6-5-10(2)17-16(13)8-14(15)12(4)11(9)3;1-9-5-6-17-15-8-13-12(4)11(3)10(2)7-14(13)16(9)15;1-9-5-6-17-14-8-13-7-10(2)11(3)12(4)16(13)15(9)14;1-9-10(2)12(4)16-13-6-5-7-17-15(13)8-14(16)11(9)3/h5-6,8H,7H2,1-4H3;4*5-7H,8H2,1-4H3. The Hall–Kier alpha value is -8.15. The van der Waals surface area contributed by atoms with Crippen LogP contribution in [0.4, 0.5) is 0 Å². The average molecular weight is 1120 g/mol. The number of benzene rings is 5. The zero-order chi connectivity index (χ0) is 60.8. The lowest BCUT2D eigenvalue weighted by Crippen LogP contribution is -1.98. The van der Waals surface area contributed by atoms with Crippen molar-refractivity contribution in [3.8, 4) is 55.6 Å². The SMILES string of the molecule is Cc1c(C)c(C)c2c(c1C)Cc1ncccc1-2.Cc1cc2c(c(C)c1C)-c1c(C)ccnc1C2.Cc1cc2c(c(C)c1C)Cc1nccc(C)c1-2.Cc1ccc2c(n1)Cc1c-2cc(C)c(C)c1C.Cc1cnc2c(c1)-c1cc(C)c(C)c(C)c1C2. The predicted molar refractivity (Wildman–Crippen MR) is 357 cm³/mol. The first-order valence-electron chi connectivity index (χ1n) is 30.7. The molecule has 0 spiro atoms. The van der Waals surface area contributed by atoms with Crippen molar-refractivity contribution in [1.82, 2.24) is 24.9 Å². The molecule has 15 rings (SSSR count). The van der Waals surface area contributed by atoms with Crippen LogP contribution in [0.15, 0.2) is 91.5 Å². The Labute approximate surface area is 507 Å². The van der Waals surface area contributed by atoms with Gasteiger partial charge in [-0.2, -0.15) is 0 Å². The van der Waals surface area contributed by atoms with Crippen LogP contribution in [0.2, 0.25) is 0 Å². The maximum absolute atomic E-state index is 4.67. The van der Waals surface area contributed by atoms with E-state index in [1.54, 1.807) is 0 Å². The van der Waals surface area contributed by atoms with E-state index >= 15 is 0 Å². The molecule has 0 saturated heterocycles. The van der Waals surface area contributed by atoms with Crippen molar-refractivity contribution in [1.29, 1.82) is 0 Å². The summed E-state index contributed by atoms with van der Waals surface area (Å²) < 4.78 is 0. The molecule has 0 unspecified atom stereocenters. The fraction of sp³-hybridized carbons (Fsp3) is 0.312. The monoisotopic (exact) mass is 1120 g/mol. The topological polar surface area (TPSA) is 64.5 Å². The smallest absolute Gasteiger partial charge is 0.0529 e. The Balaban J connectivity index is 0.000000111. The highest BCUT2D eigenvalue weighted by atomic mass is 14.7. The molecular weight excluding hydrogens is 1030 g/mol.